The molecular formula is C37H28N10Na3O10S2. The third-order valence-electron chi connectivity index (χ3n) is 8.46. The third kappa shape index (κ3) is 11.5. The number of nitrogens with zero attached hydrogens (tertiary/aromatic N) is 7. The first kappa shape index (κ1) is 50.0. The van der Waals surface area contributed by atoms with Crippen LogP contribution in [0, 0.1) is 0 Å². The third-order valence-corrected chi connectivity index (χ3v) is 10.2. The number of benzene rings is 6. The average Bonchev–Trinajstić information content (AvgIpc) is 3.62. The summed E-state index contributed by atoms with van der Waals surface area (Å²) in [5.41, 5.74) is 7.79. The van der Waals surface area contributed by atoms with Gasteiger partial charge in [0.05, 0.1) is 39.2 Å². The van der Waals surface area contributed by atoms with Crippen molar-refractivity contribution in [2.24, 2.45) is 30.7 Å². The zero-order valence-electron chi connectivity index (χ0n) is 32.8. The number of nitrogen functional groups attached to an aromatic ring is 1. The van der Waals surface area contributed by atoms with Gasteiger partial charge < -0.3 is 31.4 Å². The van der Waals surface area contributed by atoms with Crippen molar-refractivity contribution in [2.45, 2.75) is 9.79 Å². The second-order valence-electron chi connectivity index (χ2n) is 12.5. The van der Waals surface area contributed by atoms with E-state index in [1.807, 2.05) is 0 Å². The maximum Gasteiger partial charge on any atom is 0.322 e. The van der Waals surface area contributed by atoms with Gasteiger partial charge in [-0.3, -0.25) is 13.9 Å². The minimum absolute atomic E-state index is 0. The molecule has 0 amide bonds. The predicted molar refractivity (Wildman–Crippen MR) is 232 cm³/mol. The average molecular weight is 906 g/mol. The largest absolute Gasteiger partial charge is 0.506 e. The molecule has 20 nitrogen and oxygen atoms in total. The minimum atomic E-state index is -5.08. The number of aliphatic carboxylic acids is 1. The minimum Gasteiger partial charge on any atom is -0.506 e. The van der Waals surface area contributed by atoms with Gasteiger partial charge in [0, 0.05) is 106 Å². The van der Waals surface area contributed by atoms with Crippen LogP contribution in [0.2, 0.25) is 0 Å². The van der Waals surface area contributed by atoms with Gasteiger partial charge in [-0.05, 0) is 84.2 Å². The predicted octanol–water partition coefficient (Wildman–Crippen LogP) is 7.47. The van der Waals surface area contributed by atoms with Gasteiger partial charge in [-0.1, -0.05) is 18.2 Å². The summed E-state index contributed by atoms with van der Waals surface area (Å²) in [4.78, 5) is 16.8. The van der Waals surface area contributed by atoms with E-state index in [1.54, 1.807) is 66.7 Å². The van der Waals surface area contributed by atoms with E-state index in [0.29, 0.717) is 33.8 Å². The molecule has 0 spiro atoms. The molecule has 9 N–H and O–H groups in total. The molecular weight excluding hydrogens is 878 g/mol. The molecule has 3 radical (unpaired) electrons. The Morgan fingerprint density at radius 3 is 1.89 bits per heavy atom. The molecule has 7 rings (SSSR count). The normalized spacial score (nSPS) is 11.8. The van der Waals surface area contributed by atoms with E-state index in [-0.39, 0.29) is 129 Å². The summed E-state index contributed by atoms with van der Waals surface area (Å²) >= 11 is 0. The fourth-order valence-electron chi connectivity index (χ4n) is 5.70. The molecule has 0 fully saturated rings. The number of nitrogens with one attached hydrogen (secondary N) is 2. The Kier molecular flexibility index (Phi) is 16.7. The van der Waals surface area contributed by atoms with Crippen LogP contribution >= 0.6 is 0 Å². The summed E-state index contributed by atoms with van der Waals surface area (Å²) in [6.07, 6.45) is 0. The Bertz CT molecular complexity index is 3140. The number of anilines is 2. The summed E-state index contributed by atoms with van der Waals surface area (Å²) in [5, 5.41) is 56.4. The van der Waals surface area contributed by atoms with E-state index < -0.39 is 58.8 Å². The molecule has 301 valence electrons. The summed E-state index contributed by atoms with van der Waals surface area (Å²) in [6, 6.07) is 25.5. The number of H-pyrrole nitrogens is 1. The molecule has 0 bridgehead atoms. The Morgan fingerprint density at radius 1 is 0.694 bits per heavy atom. The molecule has 7 aromatic rings. The first-order valence-electron chi connectivity index (χ1n) is 16.8. The number of imidazole rings is 1. The van der Waals surface area contributed by atoms with E-state index in [1.165, 1.54) is 24.3 Å². The quantitative estimate of drug-likeness (QED) is 0.0256. The maximum atomic E-state index is 12.5. The molecule has 6 aromatic carbocycles. The van der Waals surface area contributed by atoms with Crippen molar-refractivity contribution in [1.82, 2.24) is 9.97 Å². The van der Waals surface area contributed by atoms with Gasteiger partial charge in [-0.25, -0.2) is 4.98 Å². The number of carboxylic acid groups (broad SMARTS) is 1. The van der Waals surface area contributed by atoms with Crippen molar-refractivity contribution in [3.8, 4) is 22.9 Å². The van der Waals surface area contributed by atoms with Gasteiger partial charge in [-0.15, -0.1) is 15.3 Å². The molecule has 0 aliphatic carbocycles. The number of aromatic hydroxyl groups is 2. The first-order chi connectivity index (χ1) is 28.0. The summed E-state index contributed by atoms with van der Waals surface area (Å²) < 4.78 is 69.7. The molecule has 1 aromatic heterocycles. The van der Waals surface area contributed by atoms with E-state index in [0.717, 1.165) is 12.1 Å². The number of carboxylic acids is 1. The van der Waals surface area contributed by atoms with Crippen LogP contribution in [0.3, 0.4) is 0 Å². The number of hydrogen-bond donors (Lipinski definition) is 8. The van der Waals surface area contributed by atoms with Crippen molar-refractivity contribution in [3.05, 3.63) is 103 Å². The smallest absolute Gasteiger partial charge is 0.322 e. The fraction of sp³-hybridized carbons (Fsp3) is 0.0270. The SMILES string of the molecule is Nc1c(N=Nc2ccc(-c3nc4cc(N=Nc5ccc(NCC(=O)O)cc5O)ccc4[nH]3)cc2)c(S(=O)(=O)O)cc2cc(S(=O)(=O)O)c(N=Nc3ccccc3)c(O)c12.[Na].[Na].[Na]. The Hall–Kier alpha value is -4.66. The van der Waals surface area contributed by atoms with Crippen molar-refractivity contribution in [2.75, 3.05) is 17.6 Å². The molecule has 62 heavy (non-hydrogen) atoms. The number of phenolic OH excluding ortho intramolecular Hbond substituents is 2. The Labute approximate surface area is 417 Å². The van der Waals surface area contributed by atoms with E-state index in [9.17, 15) is 40.9 Å². The first-order valence-corrected chi connectivity index (χ1v) is 19.7. The number of rotatable bonds is 12. The molecule has 0 unspecified atom stereocenters. The van der Waals surface area contributed by atoms with Crippen molar-refractivity contribution >= 4 is 182 Å². The monoisotopic (exact) mass is 905 g/mol. The van der Waals surface area contributed by atoms with Gasteiger partial charge in [0.1, 0.15) is 45.0 Å². The molecule has 0 aliphatic heterocycles. The second kappa shape index (κ2) is 20.7. The molecule has 1 heterocycles. The van der Waals surface area contributed by atoms with Crippen LogP contribution in [-0.2, 0) is 25.0 Å². The van der Waals surface area contributed by atoms with E-state index in [2.05, 4.69) is 46.0 Å². The van der Waals surface area contributed by atoms with Crippen LogP contribution in [0.5, 0.6) is 11.5 Å². The molecule has 0 aliphatic rings. The maximum absolute atomic E-state index is 12.5. The topological polar surface area (TPSA) is 327 Å². The number of fused-ring (bicyclic) bond motifs is 2. The van der Waals surface area contributed by atoms with Crippen LogP contribution in [0.25, 0.3) is 33.2 Å². The molecule has 25 heteroatoms. The van der Waals surface area contributed by atoms with Gasteiger partial charge in [0.2, 0.25) is 0 Å². The zero-order chi connectivity index (χ0) is 42.1. The fourth-order valence-corrected chi connectivity index (χ4v) is 7.03. The van der Waals surface area contributed by atoms with Crippen LogP contribution in [-0.4, -0.2) is 152 Å². The van der Waals surface area contributed by atoms with Crippen LogP contribution in [0.1, 0.15) is 0 Å². The van der Waals surface area contributed by atoms with Crippen molar-refractivity contribution in [3.63, 3.8) is 0 Å². The number of azo groups is 3. The Balaban J connectivity index is 0.00000282. The van der Waals surface area contributed by atoms with Gasteiger partial charge in [0.15, 0.2) is 5.75 Å². The summed E-state index contributed by atoms with van der Waals surface area (Å²) in [5.74, 6) is -1.68. The number of phenols is 2. The van der Waals surface area contributed by atoms with Gasteiger partial charge in [-0.2, -0.15) is 32.2 Å². The van der Waals surface area contributed by atoms with E-state index >= 15 is 0 Å². The Morgan fingerprint density at radius 2 is 1.27 bits per heavy atom. The molecule has 0 atom stereocenters. The number of nitrogens with two attached hydrogens (primary N) is 1. The van der Waals surface area contributed by atoms with Crippen LogP contribution in [0.15, 0.2) is 144 Å². The number of aromatic nitrogens is 2. The van der Waals surface area contributed by atoms with Crippen molar-refractivity contribution < 1.29 is 46.1 Å². The van der Waals surface area contributed by atoms with Gasteiger partial charge >= 0.3 is 5.97 Å². The van der Waals surface area contributed by atoms with Crippen molar-refractivity contribution in [1.29, 1.82) is 0 Å². The molecule has 0 saturated carbocycles. The second-order valence-corrected chi connectivity index (χ2v) is 15.3. The van der Waals surface area contributed by atoms with E-state index in [4.69, 9.17) is 10.8 Å². The number of aromatic amines is 1. The number of carbonyl (C=O) groups is 1. The zero-order valence-corrected chi connectivity index (χ0v) is 40.5. The summed E-state index contributed by atoms with van der Waals surface area (Å²) in [7, 11) is -10.1. The molecule has 0 saturated heterocycles. The van der Waals surface area contributed by atoms with Crippen LogP contribution in [0.4, 0.5) is 45.5 Å². The standard InChI is InChI=1S/C37H28N10O10S2.3Na/c38-33-32-20(15-30(59(55,56)57)35(36(32)51)47-42-21-4-2-1-3-5-21)14-29(58(52,53)54)34(33)46-43-22-8-6-19(7-9-22)37-40-25-12-11-24(16-27(25)41-37)44-45-26-13-10-23(17-28(26)48)39-18-31(49)50;;;/h1-17,39,48,51H,18,38H2,(H,40,41)(H,49,50)(H,52,53,54)(H,55,56,57);;;. The number of hydrogen-bond acceptors (Lipinski definition) is 16. The summed E-state index contributed by atoms with van der Waals surface area (Å²) in [6.45, 7) is -0.323. The van der Waals surface area contributed by atoms with Crippen LogP contribution < -0.4 is 11.1 Å². The van der Waals surface area contributed by atoms with Gasteiger partial charge in [0.25, 0.3) is 20.2 Å².